The zero-order chi connectivity index (χ0) is 13.6. The summed E-state index contributed by atoms with van der Waals surface area (Å²) in [5.41, 5.74) is 0. The van der Waals surface area contributed by atoms with Gasteiger partial charge >= 0.3 is 0 Å². The smallest absolute Gasteiger partial charge is 0.225 e. The lowest BCUT2D eigenvalue weighted by molar-refractivity contribution is 0.422. The molecule has 0 N–H and O–H groups in total. The van der Waals surface area contributed by atoms with Crippen LogP contribution in [0.25, 0.3) is 10.2 Å². The Morgan fingerprint density at radius 3 is 2.89 bits per heavy atom. The largest absolute Gasteiger partial charge is 0.356 e. The maximum Gasteiger partial charge on any atom is 0.225 e. The first kappa shape index (κ1) is 13.1. The average molecular weight is 296 g/mol. The van der Waals surface area contributed by atoms with Gasteiger partial charge in [0.05, 0.1) is 5.39 Å². The van der Waals surface area contributed by atoms with Crippen molar-refractivity contribution in [2.24, 2.45) is 11.8 Å². The van der Waals surface area contributed by atoms with Crippen LogP contribution in [0.4, 0.5) is 5.82 Å². The first-order valence-corrected chi connectivity index (χ1v) is 7.92. The number of nitrogens with zero attached hydrogens (tertiary/aromatic N) is 3. The monoisotopic (exact) mass is 295 g/mol. The van der Waals surface area contributed by atoms with Crippen LogP contribution >= 0.6 is 22.9 Å². The van der Waals surface area contributed by atoms with E-state index in [0.29, 0.717) is 5.28 Å². The molecule has 1 aliphatic rings. The minimum absolute atomic E-state index is 0.359. The molecule has 0 bridgehead atoms. The zero-order valence-electron chi connectivity index (χ0n) is 11.5. The highest BCUT2D eigenvalue weighted by Crippen LogP contribution is 2.35. The minimum atomic E-state index is 0.359. The SMILES string of the molecule is Cc1cc2c(N3CCC(C(C)C)C3)nc(Cl)nc2s1. The summed E-state index contributed by atoms with van der Waals surface area (Å²) in [6.45, 7) is 8.84. The number of halogens is 1. The number of aromatic nitrogens is 2. The van der Waals surface area contributed by atoms with Gasteiger partial charge in [-0.25, -0.2) is 4.98 Å². The van der Waals surface area contributed by atoms with Gasteiger partial charge in [0.25, 0.3) is 0 Å². The number of anilines is 1. The third kappa shape index (κ3) is 2.43. The molecule has 0 amide bonds. The second-order valence-electron chi connectivity index (χ2n) is 5.63. The molecule has 0 spiro atoms. The second-order valence-corrected chi connectivity index (χ2v) is 7.20. The quantitative estimate of drug-likeness (QED) is 0.780. The van der Waals surface area contributed by atoms with E-state index in [0.717, 1.165) is 41.0 Å². The number of fused-ring (bicyclic) bond motifs is 1. The first-order chi connectivity index (χ1) is 9.04. The van der Waals surface area contributed by atoms with Gasteiger partial charge in [-0.05, 0) is 42.8 Å². The van der Waals surface area contributed by atoms with Crippen LogP contribution in [0.3, 0.4) is 0 Å². The van der Waals surface area contributed by atoms with Crippen LogP contribution in [0.1, 0.15) is 25.1 Å². The van der Waals surface area contributed by atoms with E-state index in [2.05, 4.69) is 41.7 Å². The lowest BCUT2D eigenvalue weighted by atomic mass is 9.95. The summed E-state index contributed by atoms with van der Waals surface area (Å²) < 4.78 is 0. The number of rotatable bonds is 2. The molecule has 102 valence electrons. The second kappa shape index (κ2) is 4.91. The van der Waals surface area contributed by atoms with E-state index in [1.165, 1.54) is 11.3 Å². The Bertz CT molecular complexity index is 608. The van der Waals surface area contributed by atoms with E-state index in [1.54, 1.807) is 11.3 Å². The maximum absolute atomic E-state index is 6.07. The Hall–Kier alpha value is -0.870. The molecular weight excluding hydrogens is 278 g/mol. The van der Waals surface area contributed by atoms with Crippen LogP contribution < -0.4 is 4.90 Å². The fraction of sp³-hybridized carbons (Fsp3) is 0.571. The fourth-order valence-electron chi connectivity index (χ4n) is 2.77. The Labute approximate surface area is 122 Å². The van der Waals surface area contributed by atoms with E-state index in [-0.39, 0.29) is 0 Å². The van der Waals surface area contributed by atoms with Crippen molar-refractivity contribution in [2.75, 3.05) is 18.0 Å². The van der Waals surface area contributed by atoms with E-state index in [9.17, 15) is 0 Å². The van der Waals surface area contributed by atoms with Crippen molar-refractivity contribution >= 4 is 39.0 Å². The van der Waals surface area contributed by atoms with Crippen LogP contribution in [-0.2, 0) is 0 Å². The van der Waals surface area contributed by atoms with Crippen LogP contribution in [0.2, 0.25) is 5.28 Å². The van der Waals surface area contributed by atoms with E-state index in [1.807, 2.05) is 0 Å². The molecule has 1 saturated heterocycles. The molecule has 0 aliphatic carbocycles. The van der Waals surface area contributed by atoms with Crippen molar-refractivity contribution in [1.82, 2.24) is 9.97 Å². The van der Waals surface area contributed by atoms with E-state index in [4.69, 9.17) is 11.6 Å². The molecule has 0 radical (unpaired) electrons. The van der Waals surface area contributed by atoms with Gasteiger partial charge in [-0.2, -0.15) is 4.98 Å². The van der Waals surface area contributed by atoms with Gasteiger partial charge < -0.3 is 4.90 Å². The van der Waals surface area contributed by atoms with Crippen molar-refractivity contribution in [1.29, 1.82) is 0 Å². The Morgan fingerprint density at radius 1 is 1.42 bits per heavy atom. The molecule has 1 atom stereocenters. The predicted octanol–water partition coefficient (Wildman–Crippen LogP) is 4.14. The number of hydrogen-bond donors (Lipinski definition) is 0. The fourth-order valence-corrected chi connectivity index (χ4v) is 3.86. The average Bonchev–Trinajstić information content (AvgIpc) is 2.93. The molecule has 1 unspecified atom stereocenters. The third-order valence-electron chi connectivity index (χ3n) is 3.94. The van der Waals surface area contributed by atoms with Crippen molar-refractivity contribution < 1.29 is 0 Å². The van der Waals surface area contributed by atoms with Gasteiger partial charge in [0.1, 0.15) is 10.6 Å². The van der Waals surface area contributed by atoms with Gasteiger partial charge in [-0.15, -0.1) is 11.3 Å². The molecule has 3 rings (SSSR count). The predicted molar refractivity (Wildman–Crippen MR) is 82.3 cm³/mol. The van der Waals surface area contributed by atoms with Crippen molar-refractivity contribution in [3.05, 3.63) is 16.2 Å². The Balaban J connectivity index is 2.01. The topological polar surface area (TPSA) is 29.0 Å². The zero-order valence-corrected chi connectivity index (χ0v) is 13.1. The maximum atomic E-state index is 6.07. The third-order valence-corrected chi connectivity index (χ3v) is 5.05. The number of hydrogen-bond acceptors (Lipinski definition) is 4. The molecule has 2 aromatic heterocycles. The lowest BCUT2D eigenvalue weighted by Crippen LogP contribution is -2.22. The molecule has 5 heteroatoms. The minimum Gasteiger partial charge on any atom is -0.356 e. The van der Waals surface area contributed by atoms with Gasteiger partial charge in [0.15, 0.2) is 0 Å². The molecule has 0 aromatic carbocycles. The van der Waals surface area contributed by atoms with Gasteiger partial charge in [0.2, 0.25) is 5.28 Å². The van der Waals surface area contributed by atoms with Gasteiger partial charge in [0, 0.05) is 18.0 Å². The van der Waals surface area contributed by atoms with Crippen LogP contribution in [0, 0.1) is 18.8 Å². The summed E-state index contributed by atoms with van der Waals surface area (Å²) in [6.07, 6.45) is 1.24. The Morgan fingerprint density at radius 2 is 2.21 bits per heavy atom. The summed E-state index contributed by atoms with van der Waals surface area (Å²) in [6, 6.07) is 2.17. The molecule has 2 aromatic rings. The van der Waals surface area contributed by atoms with Gasteiger partial charge in [-0.3, -0.25) is 0 Å². The van der Waals surface area contributed by atoms with Crippen LogP contribution in [0.5, 0.6) is 0 Å². The van der Waals surface area contributed by atoms with Crippen LogP contribution in [0.15, 0.2) is 6.07 Å². The molecule has 0 saturated carbocycles. The summed E-state index contributed by atoms with van der Waals surface area (Å²) in [5, 5.41) is 1.51. The summed E-state index contributed by atoms with van der Waals surface area (Å²) in [4.78, 5) is 13.4. The standard InChI is InChI=1S/C14H18ClN3S/c1-8(2)10-4-5-18(7-10)12-11-6-9(3)19-13(11)17-14(15)16-12/h6,8,10H,4-5,7H2,1-3H3. The molecule has 3 heterocycles. The molecular formula is C14H18ClN3S. The van der Waals surface area contributed by atoms with E-state index < -0.39 is 0 Å². The normalized spacial score (nSPS) is 19.8. The summed E-state index contributed by atoms with van der Waals surface area (Å²) in [5.74, 6) is 2.49. The Kier molecular flexibility index (Phi) is 3.39. The van der Waals surface area contributed by atoms with E-state index >= 15 is 0 Å². The highest BCUT2D eigenvalue weighted by atomic mass is 35.5. The number of thiophene rings is 1. The highest BCUT2D eigenvalue weighted by molar-refractivity contribution is 7.18. The first-order valence-electron chi connectivity index (χ1n) is 6.73. The van der Waals surface area contributed by atoms with Gasteiger partial charge in [-0.1, -0.05) is 13.8 Å². The number of aryl methyl sites for hydroxylation is 1. The summed E-state index contributed by atoms with van der Waals surface area (Å²) >= 11 is 7.75. The molecule has 1 aliphatic heterocycles. The highest BCUT2D eigenvalue weighted by Gasteiger charge is 2.27. The van der Waals surface area contributed by atoms with Crippen molar-refractivity contribution in [3.8, 4) is 0 Å². The van der Waals surface area contributed by atoms with Crippen molar-refractivity contribution in [3.63, 3.8) is 0 Å². The van der Waals surface area contributed by atoms with Crippen molar-refractivity contribution in [2.45, 2.75) is 27.2 Å². The molecule has 19 heavy (non-hydrogen) atoms. The summed E-state index contributed by atoms with van der Waals surface area (Å²) in [7, 11) is 0. The lowest BCUT2D eigenvalue weighted by Gasteiger charge is -2.19. The molecule has 3 nitrogen and oxygen atoms in total. The van der Waals surface area contributed by atoms with Crippen LogP contribution in [-0.4, -0.2) is 23.1 Å². The molecule has 1 fully saturated rings.